The molecule has 0 radical (unpaired) electrons. The van der Waals surface area contributed by atoms with Gasteiger partial charge >= 0.3 is 5.97 Å². The highest BCUT2D eigenvalue weighted by Crippen LogP contribution is 2.43. The Balaban J connectivity index is 1.46. The van der Waals surface area contributed by atoms with Gasteiger partial charge in [0.1, 0.15) is 12.7 Å². The highest BCUT2D eigenvalue weighted by molar-refractivity contribution is 5.94. The van der Waals surface area contributed by atoms with Gasteiger partial charge in [-0.1, -0.05) is 19.4 Å². The molecule has 0 aliphatic carbocycles. The summed E-state index contributed by atoms with van der Waals surface area (Å²) in [5.74, 6) is -1.35. The van der Waals surface area contributed by atoms with E-state index in [1.54, 1.807) is 11.0 Å². The van der Waals surface area contributed by atoms with Gasteiger partial charge in [0.15, 0.2) is 35.7 Å². The summed E-state index contributed by atoms with van der Waals surface area (Å²) in [4.78, 5) is 30.4. The molecule has 11 nitrogen and oxygen atoms in total. The number of hydrogen-bond donors (Lipinski definition) is 3. The van der Waals surface area contributed by atoms with Crippen molar-refractivity contribution in [2.75, 3.05) is 31.3 Å². The van der Waals surface area contributed by atoms with Crippen LogP contribution < -0.4 is 18.9 Å². The first-order chi connectivity index (χ1) is 19.8. The van der Waals surface area contributed by atoms with Gasteiger partial charge in [-0.15, -0.1) is 0 Å². The number of aryl methyl sites for hydroxylation is 1. The molecule has 3 atom stereocenters. The first-order valence-electron chi connectivity index (χ1n) is 14.0. The van der Waals surface area contributed by atoms with E-state index < -0.39 is 23.8 Å². The number of anilines is 1. The van der Waals surface area contributed by atoms with Gasteiger partial charge < -0.3 is 29.7 Å². The zero-order valence-corrected chi connectivity index (χ0v) is 23.3. The minimum Gasteiger partial charge on any atom is -0.494 e. The summed E-state index contributed by atoms with van der Waals surface area (Å²) in [6.07, 6.45) is 5.87. The fourth-order valence-corrected chi connectivity index (χ4v) is 5.98. The summed E-state index contributed by atoms with van der Waals surface area (Å²) < 4.78 is 14.2. The molecule has 1 aromatic carbocycles. The summed E-state index contributed by atoms with van der Waals surface area (Å²) in [7, 11) is 1.90. The first-order valence-corrected chi connectivity index (χ1v) is 14.0. The highest BCUT2D eigenvalue weighted by atomic mass is 16.7. The Labute approximate surface area is 238 Å². The fourth-order valence-electron chi connectivity index (χ4n) is 5.98. The molecule has 2 aromatic heterocycles. The van der Waals surface area contributed by atoms with Crippen molar-refractivity contribution in [2.24, 2.45) is 13.0 Å². The quantitative estimate of drug-likeness (QED) is 0.303. The normalized spacial score (nSPS) is 19.9. The van der Waals surface area contributed by atoms with Crippen LogP contribution in [-0.2, 0) is 23.2 Å². The monoisotopic (exact) mass is 565 g/mol. The molecule has 11 heteroatoms. The number of carboxylic acids is 1. The van der Waals surface area contributed by atoms with Gasteiger partial charge in [0.2, 0.25) is 12.7 Å². The van der Waals surface area contributed by atoms with Crippen molar-refractivity contribution in [2.45, 2.75) is 44.7 Å². The number of carboxylic acid groups (broad SMARTS) is 1. The van der Waals surface area contributed by atoms with Gasteiger partial charge in [-0.2, -0.15) is 0 Å². The van der Waals surface area contributed by atoms with Crippen LogP contribution in [0.4, 0.5) is 5.69 Å². The van der Waals surface area contributed by atoms with E-state index in [0.717, 1.165) is 24.1 Å². The Kier molecular flexibility index (Phi) is 8.34. The molecule has 5 rings (SSSR count). The maximum Gasteiger partial charge on any atom is 0.308 e. The van der Waals surface area contributed by atoms with E-state index in [-0.39, 0.29) is 37.5 Å². The molecule has 41 heavy (non-hydrogen) atoms. The number of nitrogens with zero attached hydrogens (tertiary/aromatic N) is 4. The highest BCUT2D eigenvalue weighted by Gasteiger charge is 2.47. The van der Waals surface area contributed by atoms with Crippen molar-refractivity contribution in [1.29, 1.82) is 0 Å². The van der Waals surface area contributed by atoms with E-state index in [2.05, 4.69) is 6.92 Å². The Hall–Kier alpha value is -4.25. The number of aromatic nitrogens is 2. The summed E-state index contributed by atoms with van der Waals surface area (Å²) in [5, 5.41) is 30.9. The molecular formula is C30H37N4O7+. The van der Waals surface area contributed by atoms with Crippen molar-refractivity contribution in [3.05, 3.63) is 60.4 Å². The Bertz CT molecular complexity index is 1390. The van der Waals surface area contributed by atoms with Gasteiger partial charge in [0.05, 0.1) is 12.5 Å². The van der Waals surface area contributed by atoms with Crippen LogP contribution in [0.15, 0.2) is 54.9 Å². The van der Waals surface area contributed by atoms with Crippen molar-refractivity contribution in [1.82, 2.24) is 9.47 Å². The van der Waals surface area contributed by atoms with Crippen molar-refractivity contribution in [3.8, 4) is 23.3 Å². The molecule has 1 unspecified atom stereocenters. The number of pyridine rings is 1. The van der Waals surface area contributed by atoms with E-state index in [9.17, 15) is 24.9 Å². The second-order valence-corrected chi connectivity index (χ2v) is 10.7. The SMILES string of the molecule is CCCCN(C(=O)CN1C[C@H](c2ccc3c(c2)OCO3)C(C(=O)O)[C@@H]1CCn1c(O)ccc1O)c1ccc[n+](C)c1. The average molecular weight is 566 g/mol. The van der Waals surface area contributed by atoms with Gasteiger partial charge in [0, 0.05) is 49.8 Å². The average Bonchev–Trinajstić information content (AvgIpc) is 3.64. The Morgan fingerprint density at radius 3 is 2.56 bits per heavy atom. The first kappa shape index (κ1) is 28.3. The second kappa shape index (κ2) is 12.1. The lowest BCUT2D eigenvalue weighted by atomic mass is 9.84. The van der Waals surface area contributed by atoms with Gasteiger partial charge in [-0.05, 0) is 36.6 Å². The molecule has 218 valence electrons. The smallest absolute Gasteiger partial charge is 0.308 e. The minimum absolute atomic E-state index is 0.0292. The van der Waals surface area contributed by atoms with Crippen LogP contribution in [0.2, 0.25) is 0 Å². The Morgan fingerprint density at radius 1 is 1.10 bits per heavy atom. The van der Waals surface area contributed by atoms with Crippen molar-refractivity contribution in [3.63, 3.8) is 0 Å². The van der Waals surface area contributed by atoms with E-state index in [1.165, 1.54) is 16.7 Å². The molecule has 4 heterocycles. The molecule has 2 aliphatic heterocycles. The predicted molar refractivity (Wildman–Crippen MR) is 149 cm³/mol. The Morgan fingerprint density at radius 2 is 1.85 bits per heavy atom. The van der Waals surface area contributed by atoms with E-state index in [0.29, 0.717) is 31.0 Å². The number of aliphatic carboxylic acids is 1. The lowest BCUT2D eigenvalue weighted by Crippen LogP contribution is -2.45. The third kappa shape index (κ3) is 5.95. The topological polar surface area (TPSA) is 129 Å². The number of benzene rings is 1. The number of unbranched alkanes of at least 4 members (excludes halogenated alkanes) is 1. The van der Waals surface area contributed by atoms with Crippen molar-refractivity contribution >= 4 is 17.6 Å². The number of hydrogen-bond acceptors (Lipinski definition) is 7. The van der Waals surface area contributed by atoms with Crippen LogP contribution in [0.1, 0.15) is 37.7 Å². The third-order valence-corrected chi connectivity index (χ3v) is 8.05. The number of aromatic hydroxyl groups is 2. The maximum atomic E-state index is 13.9. The molecule has 0 bridgehead atoms. The molecule has 2 aliphatic rings. The van der Waals surface area contributed by atoms with E-state index in [4.69, 9.17) is 9.47 Å². The van der Waals surface area contributed by atoms with Crippen molar-refractivity contribution < 1.29 is 38.9 Å². The van der Waals surface area contributed by atoms with Crippen LogP contribution in [0, 0.1) is 5.92 Å². The fraction of sp³-hybridized carbons (Fsp3) is 0.433. The molecule has 1 amide bonds. The van der Waals surface area contributed by atoms with Crippen LogP contribution in [0.25, 0.3) is 0 Å². The number of carbonyl (C=O) groups excluding carboxylic acids is 1. The number of ether oxygens (including phenoxy) is 2. The number of likely N-dealkylation sites (tertiary alicyclic amines) is 1. The number of rotatable bonds is 11. The third-order valence-electron chi connectivity index (χ3n) is 8.05. The molecule has 1 fully saturated rings. The number of amides is 1. The zero-order valence-electron chi connectivity index (χ0n) is 23.3. The lowest BCUT2D eigenvalue weighted by molar-refractivity contribution is -0.670. The predicted octanol–water partition coefficient (Wildman–Crippen LogP) is 2.84. The van der Waals surface area contributed by atoms with Crippen LogP contribution in [0.3, 0.4) is 0 Å². The largest absolute Gasteiger partial charge is 0.494 e. The van der Waals surface area contributed by atoms with Gasteiger partial charge in [0.25, 0.3) is 0 Å². The summed E-state index contributed by atoms with van der Waals surface area (Å²) in [6.45, 7) is 3.30. The maximum absolute atomic E-state index is 13.9. The molecule has 1 saturated heterocycles. The molecule has 0 spiro atoms. The van der Waals surface area contributed by atoms with Gasteiger partial charge in [-0.3, -0.25) is 19.1 Å². The summed E-state index contributed by atoms with van der Waals surface area (Å²) in [6, 6.07) is 11.5. The summed E-state index contributed by atoms with van der Waals surface area (Å²) >= 11 is 0. The number of fused-ring (bicyclic) bond motifs is 1. The minimum atomic E-state index is -0.966. The van der Waals surface area contributed by atoms with Crippen LogP contribution >= 0.6 is 0 Å². The number of carbonyl (C=O) groups is 2. The molecule has 3 N–H and O–H groups in total. The van der Waals surface area contributed by atoms with E-state index >= 15 is 0 Å². The molecular weight excluding hydrogens is 528 g/mol. The van der Waals surface area contributed by atoms with Gasteiger partial charge in [-0.25, -0.2) is 4.57 Å². The van der Waals surface area contributed by atoms with Crippen LogP contribution in [0.5, 0.6) is 23.3 Å². The molecule has 3 aromatic rings. The lowest BCUT2D eigenvalue weighted by Gasteiger charge is -2.29. The van der Waals surface area contributed by atoms with E-state index in [1.807, 2.05) is 53.2 Å². The second-order valence-electron chi connectivity index (χ2n) is 10.7. The molecule has 0 saturated carbocycles. The standard InChI is InChI=1S/C30H36N4O7/c1-3-4-13-33(21-6-5-12-31(2)16-21)28(37)18-32-17-22(20-7-8-24-25(15-20)41-19-40-24)29(30(38)39)23(32)11-14-34-26(35)9-10-27(34)36/h5-10,12,15-16,22-23,29H,3-4,11,13-14,17-19H2,1-2H3,(H2-,35,36,38,39)/p+1/t22-,23+,29?/m1/s1. The zero-order chi connectivity index (χ0) is 29.1. The van der Waals surface area contributed by atoms with Crippen LogP contribution in [-0.4, -0.2) is 69.1 Å². The summed E-state index contributed by atoms with van der Waals surface area (Å²) in [5.41, 5.74) is 1.58.